The smallest absolute Gasteiger partial charge is 0.306 e. The Balaban J connectivity index is 2.55. The maximum atomic E-state index is 10.7. The lowest BCUT2D eigenvalue weighted by molar-refractivity contribution is -0.143. The minimum Gasteiger partial charge on any atom is -0.481 e. The molecule has 2 unspecified atom stereocenters. The van der Waals surface area contributed by atoms with E-state index in [0.717, 1.165) is 4.88 Å². The number of hydrogen-bond donors (Lipinski definition) is 2. The molecule has 0 spiro atoms. The van der Waals surface area contributed by atoms with Gasteiger partial charge in [0.05, 0.1) is 12.0 Å². The van der Waals surface area contributed by atoms with Gasteiger partial charge in [-0.2, -0.15) is 0 Å². The zero-order valence-electron chi connectivity index (χ0n) is 8.01. The van der Waals surface area contributed by atoms with E-state index in [1.165, 1.54) is 11.3 Å². The van der Waals surface area contributed by atoms with Gasteiger partial charge in [0.15, 0.2) is 0 Å². The number of rotatable bonds is 5. The highest BCUT2D eigenvalue weighted by Gasteiger charge is 2.20. The van der Waals surface area contributed by atoms with E-state index in [4.69, 9.17) is 5.11 Å². The van der Waals surface area contributed by atoms with Crippen molar-refractivity contribution in [2.75, 3.05) is 0 Å². The van der Waals surface area contributed by atoms with Gasteiger partial charge in [0.25, 0.3) is 0 Å². The Morgan fingerprint density at radius 3 is 2.79 bits per heavy atom. The van der Waals surface area contributed by atoms with Crippen LogP contribution in [0.15, 0.2) is 17.5 Å². The summed E-state index contributed by atoms with van der Waals surface area (Å²) in [5.74, 6) is -1.28. The van der Waals surface area contributed by atoms with Gasteiger partial charge >= 0.3 is 5.97 Å². The van der Waals surface area contributed by atoms with Gasteiger partial charge in [-0.05, 0) is 24.3 Å². The quantitative estimate of drug-likeness (QED) is 0.790. The van der Waals surface area contributed by atoms with E-state index in [0.29, 0.717) is 12.8 Å². The fraction of sp³-hybridized carbons (Fsp3) is 0.500. The number of aliphatic hydroxyl groups excluding tert-OH is 1. The van der Waals surface area contributed by atoms with Crippen LogP contribution in [0.5, 0.6) is 0 Å². The first-order chi connectivity index (χ1) is 6.65. The van der Waals surface area contributed by atoms with Gasteiger partial charge in [0.1, 0.15) is 0 Å². The van der Waals surface area contributed by atoms with Crippen LogP contribution in [0.3, 0.4) is 0 Å². The van der Waals surface area contributed by atoms with Crippen molar-refractivity contribution in [3.63, 3.8) is 0 Å². The van der Waals surface area contributed by atoms with Gasteiger partial charge in [-0.1, -0.05) is 13.0 Å². The van der Waals surface area contributed by atoms with Gasteiger partial charge in [0, 0.05) is 4.88 Å². The van der Waals surface area contributed by atoms with Crippen LogP contribution in [0.25, 0.3) is 0 Å². The molecule has 2 atom stereocenters. The molecule has 1 heterocycles. The van der Waals surface area contributed by atoms with E-state index in [9.17, 15) is 9.90 Å². The molecule has 3 nitrogen and oxygen atoms in total. The predicted octanol–water partition coefficient (Wildman–Crippen LogP) is 2.28. The molecule has 78 valence electrons. The van der Waals surface area contributed by atoms with Crippen LogP contribution >= 0.6 is 11.3 Å². The summed E-state index contributed by atoms with van der Waals surface area (Å²) in [5.41, 5.74) is 0. The zero-order valence-corrected chi connectivity index (χ0v) is 8.83. The third-order valence-electron chi connectivity index (χ3n) is 2.22. The first-order valence-electron chi connectivity index (χ1n) is 4.59. The molecular formula is C10H14O3S. The van der Waals surface area contributed by atoms with Crippen molar-refractivity contribution in [1.29, 1.82) is 0 Å². The molecule has 0 radical (unpaired) electrons. The molecule has 1 aromatic rings. The van der Waals surface area contributed by atoms with Crippen molar-refractivity contribution >= 4 is 17.3 Å². The number of carbonyl (C=O) groups is 1. The third kappa shape index (κ3) is 2.82. The second-order valence-corrected chi connectivity index (χ2v) is 4.19. The number of carboxylic acids is 1. The van der Waals surface area contributed by atoms with Crippen LogP contribution in [-0.4, -0.2) is 16.2 Å². The summed E-state index contributed by atoms with van der Waals surface area (Å²) in [5, 5.41) is 20.4. The van der Waals surface area contributed by atoms with Crippen LogP contribution in [0.4, 0.5) is 0 Å². The summed E-state index contributed by atoms with van der Waals surface area (Å²) < 4.78 is 0. The molecule has 0 bridgehead atoms. The van der Waals surface area contributed by atoms with Crippen LogP contribution in [0.1, 0.15) is 30.7 Å². The minimum atomic E-state index is -0.830. The lowest BCUT2D eigenvalue weighted by atomic mass is 9.98. The Morgan fingerprint density at radius 2 is 2.36 bits per heavy atom. The van der Waals surface area contributed by atoms with Crippen LogP contribution in [0, 0.1) is 5.92 Å². The molecular weight excluding hydrogens is 200 g/mol. The molecule has 0 aromatic carbocycles. The average molecular weight is 214 g/mol. The first-order valence-corrected chi connectivity index (χ1v) is 5.47. The van der Waals surface area contributed by atoms with Crippen molar-refractivity contribution in [3.05, 3.63) is 22.4 Å². The second kappa shape index (κ2) is 5.12. The van der Waals surface area contributed by atoms with E-state index >= 15 is 0 Å². The molecule has 0 saturated carbocycles. The van der Waals surface area contributed by atoms with Crippen molar-refractivity contribution in [2.45, 2.75) is 25.9 Å². The molecule has 14 heavy (non-hydrogen) atoms. The SMILES string of the molecule is CCC(CC(O)c1cccs1)C(=O)O. The van der Waals surface area contributed by atoms with Gasteiger partial charge in [0.2, 0.25) is 0 Å². The molecule has 4 heteroatoms. The van der Waals surface area contributed by atoms with Gasteiger partial charge < -0.3 is 10.2 Å². The van der Waals surface area contributed by atoms with E-state index in [2.05, 4.69) is 0 Å². The Kier molecular flexibility index (Phi) is 4.10. The number of thiophene rings is 1. The molecule has 0 saturated heterocycles. The van der Waals surface area contributed by atoms with Crippen molar-refractivity contribution < 1.29 is 15.0 Å². The fourth-order valence-electron chi connectivity index (χ4n) is 1.31. The topological polar surface area (TPSA) is 57.5 Å². The summed E-state index contributed by atoms with van der Waals surface area (Å²) in [7, 11) is 0. The highest BCUT2D eigenvalue weighted by molar-refractivity contribution is 7.10. The summed E-state index contributed by atoms with van der Waals surface area (Å²) >= 11 is 1.45. The van der Waals surface area contributed by atoms with Gasteiger partial charge in [-0.3, -0.25) is 4.79 Å². The molecule has 0 aliphatic carbocycles. The standard InChI is InChI=1S/C10H14O3S/c1-2-7(10(12)13)6-8(11)9-4-3-5-14-9/h3-5,7-8,11H,2,6H2,1H3,(H,12,13). The Bertz CT molecular complexity index is 282. The summed E-state index contributed by atoms with van der Waals surface area (Å²) in [4.78, 5) is 11.6. The summed E-state index contributed by atoms with van der Waals surface area (Å²) in [6, 6.07) is 3.68. The van der Waals surface area contributed by atoms with Crippen molar-refractivity contribution in [2.24, 2.45) is 5.92 Å². The molecule has 1 rings (SSSR count). The molecule has 0 aliphatic rings. The number of aliphatic hydroxyl groups is 1. The molecule has 0 fully saturated rings. The van der Waals surface area contributed by atoms with Crippen molar-refractivity contribution in [3.8, 4) is 0 Å². The second-order valence-electron chi connectivity index (χ2n) is 3.21. The van der Waals surface area contributed by atoms with E-state index in [1.807, 2.05) is 24.4 Å². The molecule has 1 aromatic heterocycles. The summed E-state index contributed by atoms with van der Waals surface area (Å²) in [6.07, 6.45) is 0.209. The maximum absolute atomic E-state index is 10.7. The Labute approximate surface area is 87.0 Å². The minimum absolute atomic E-state index is 0.298. The monoisotopic (exact) mass is 214 g/mol. The first kappa shape index (κ1) is 11.2. The Morgan fingerprint density at radius 1 is 1.64 bits per heavy atom. The normalized spacial score (nSPS) is 15.0. The van der Waals surface area contributed by atoms with E-state index in [1.54, 1.807) is 0 Å². The highest BCUT2D eigenvalue weighted by atomic mass is 32.1. The number of carboxylic acid groups (broad SMARTS) is 1. The molecule has 0 amide bonds. The predicted molar refractivity (Wildman–Crippen MR) is 55.3 cm³/mol. The number of hydrogen-bond acceptors (Lipinski definition) is 3. The summed E-state index contributed by atoms with van der Waals surface area (Å²) in [6.45, 7) is 1.82. The zero-order chi connectivity index (χ0) is 10.6. The Hall–Kier alpha value is -0.870. The third-order valence-corrected chi connectivity index (χ3v) is 3.19. The van der Waals surface area contributed by atoms with Crippen LogP contribution < -0.4 is 0 Å². The highest BCUT2D eigenvalue weighted by Crippen LogP contribution is 2.26. The lowest BCUT2D eigenvalue weighted by Crippen LogP contribution is -2.15. The van der Waals surface area contributed by atoms with Gasteiger partial charge in [-0.25, -0.2) is 0 Å². The van der Waals surface area contributed by atoms with Gasteiger partial charge in [-0.15, -0.1) is 11.3 Å². The largest absolute Gasteiger partial charge is 0.481 e. The average Bonchev–Trinajstić information content (AvgIpc) is 2.65. The van der Waals surface area contributed by atoms with Crippen LogP contribution in [-0.2, 0) is 4.79 Å². The van der Waals surface area contributed by atoms with Crippen LogP contribution in [0.2, 0.25) is 0 Å². The molecule has 0 aliphatic heterocycles. The fourth-order valence-corrected chi connectivity index (χ4v) is 2.03. The van der Waals surface area contributed by atoms with E-state index < -0.39 is 18.0 Å². The molecule has 2 N–H and O–H groups in total. The maximum Gasteiger partial charge on any atom is 0.306 e. The van der Waals surface area contributed by atoms with Crippen molar-refractivity contribution in [1.82, 2.24) is 0 Å². The number of aliphatic carboxylic acids is 1. The van der Waals surface area contributed by atoms with E-state index in [-0.39, 0.29) is 0 Å². The lowest BCUT2D eigenvalue weighted by Gasteiger charge is -2.13.